The van der Waals surface area contributed by atoms with Crippen LogP contribution >= 0.6 is 0 Å². The summed E-state index contributed by atoms with van der Waals surface area (Å²) in [6.07, 6.45) is 4.65. The molecule has 1 saturated heterocycles. The number of rotatable bonds is 6. The van der Waals surface area contributed by atoms with Crippen LogP contribution in [-0.2, 0) is 0 Å². The monoisotopic (exact) mass is 186 g/mol. The molecule has 1 rings (SSSR count). The maximum atomic E-state index is 8.61. The smallest absolute Gasteiger partial charge is 0.0431 e. The van der Waals surface area contributed by atoms with Crippen molar-refractivity contribution in [2.45, 2.75) is 31.7 Å². The van der Waals surface area contributed by atoms with E-state index in [9.17, 15) is 0 Å². The van der Waals surface area contributed by atoms with E-state index < -0.39 is 0 Å². The quantitative estimate of drug-likeness (QED) is 0.591. The minimum absolute atomic E-state index is 0.346. The maximum Gasteiger partial charge on any atom is 0.0431 e. The van der Waals surface area contributed by atoms with Gasteiger partial charge in [0.1, 0.15) is 0 Å². The zero-order chi connectivity index (χ0) is 9.52. The first-order valence-corrected chi connectivity index (χ1v) is 5.37. The van der Waals surface area contributed by atoms with Gasteiger partial charge in [0.2, 0.25) is 0 Å². The molecule has 0 saturated carbocycles. The molecule has 1 atom stereocenters. The van der Waals surface area contributed by atoms with Crippen molar-refractivity contribution < 1.29 is 5.11 Å². The normalized spacial score (nSPS) is 24.0. The molecule has 1 heterocycles. The van der Waals surface area contributed by atoms with Gasteiger partial charge in [-0.2, -0.15) is 0 Å². The van der Waals surface area contributed by atoms with Crippen molar-refractivity contribution in [3.05, 3.63) is 0 Å². The molecular formula is C10H22N2O. The molecule has 1 unspecified atom stereocenters. The molecule has 2 N–H and O–H groups in total. The van der Waals surface area contributed by atoms with Crippen LogP contribution < -0.4 is 5.32 Å². The first-order chi connectivity index (χ1) is 6.36. The highest BCUT2D eigenvalue weighted by atomic mass is 16.2. The topological polar surface area (TPSA) is 35.5 Å². The second-order valence-corrected chi connectivity index (χ2v) is 3.86. The Balaban J connectivity index is 1.97. The highest BCUT2D eigenvalue weighted by molar-refractivity contribution is 4.79. The van der Waals surface area contributed by atoms with Crippen molar-refractivity contribution in [1.82, 2.24) is 10.2 Å². The summed E-state index contributed by atoms with van der Waals surface area (Å²) in [5.41, 5.74) is 0. The van der Waals surface area contributed by atoms with Gasteiger partial charge in [-0.1, -0.05) is 0 Å². The summed E-state index contributed by atoms with van der Waals surface area (Å²) >= 11 is 0. The Kier molecular flexibility index (Phi) is 5.35. The highest BCUT2D eigenvalue weighted by Crippen LogP contribution is 2.09. The molecule has 1 aliphatic rings. The number of aliphatic hydroxyl groups excluding tert-OH is 1. The number of nitrogens with zero attached hydrogens (tertiary/aromatic N) is 1. The maximum absolute atomic E-state index is 8.61. The number of unbranched alkanes of at least 4 members (excludes halogenated alkanes) is 2. The third-order valence-electron chi connectivity index (χ3n) is 2.81. The summed E-state index contributed by atoms with van der Waals surface area (Å²) in [5.74, 6) is 0. The van der Waals surface area contributed by atoms with E-state index in [1.165, 1.54) is 32.5 Å². The lowest BCUT2D eigenvalue weighted by Gasteiger charge is -2.15. The Morgan fingerprint density at radius 2 is 2.23 bits per heavy atom. The van der Waals surface area contributed by atoms with E-state index in [0.29, 0.717) is 12.6 Å². The van der Waals surface area contributed by atoms with Gasteiger partial charge >= 0.3 is 0 Å². The minimum atomic E-state index is 0.346. The van der Waals surface area contributed by atoms with Gasteiger partial charge in [-0.05, 0) is 45.8 Å². The summed E-state index contributed by atoms with van der Waals surface area (Å²) in [4.78, 5) is 2.51. The van der Waals surface area contributed by atoms with Crippen LogP contribution in [0.25, 0.3) is 0 Å². The van der Waals surface area contributed by atoms with Gasteiger partial charge in [0.15, 0.2) is 0 Å². The summed E-state index contributed by atoms with van der Waals surface area (Å²) in [6, 6.07) is 0.706. The zero-order valence-electron chi connectivity index (χ0n) is 8.63. The van der Waals surface area contributed by atoms with Crippen LogP contribution in [0.1, 0.15) is 25.7 Å². The Morgan fingerprint density at radius 1 is 1.38 bits per heavy atom. The molecule has 3 heteroatoms. The molecule has 1 aliphatic heterocycles. The van der Waals surface area contributed by atoms with Gasteiger partial charge in [-0.15, -0.1) is 0 Å². The molecule has 0 aromatic rings. The molecular weight excluding hydrogens is 164 g/mol. The van der Waals surface area contributed by atoms with Crippen LogP contribution in [0.5, 0.6) is 0 Å². The first kappa shape index (κ1) is 11.0. The second kappa shape index (κ2) is 6.35. The molecule has 0 aromatic carbocycles. The van der Waals surface area contributed by atoms with Crippen molar-refractivity contribution >= 4 is 0 Å². The van der Waals surface area contributed by atoms with Crippen molar-refractivity contribution in [2.75, 3.05) is 33.3 Å². The Bertz CT molecular complexity index is 130. The molecule has 3 nitrogen and oxygen atoms in total. The van der Waals surface area contributed by atoms with Gasteiger partial charge in [0.05, 0.1) is 0 Å². The van der Waals surface area contributed by atoms with E-state index in [-0.39, 0.29) is 0 Å². The van der Waals surface area contributed by atoms with E-state index in [1.54, 1.807) is 0 Å². The highest BCUT2D eigenvalue weighted by Gasteiger charge is 2.19. The Labute approximate surface area is 81.1 Å². The molecule has 0 bridgehead atoms. The van der Waals surface area contributed by atoms with Crippen molar-refractivity contribution in [1.29, 1.82) is 0 Å². The molecule has 0 aromatic heterocycles. The summed E-state index contributed by atoms with van der Waals surface area (Å²) in [7, 11) is 2.04. The summed E-state index contributed by atoms with van der Waals surface area (Å²) in [5, 5.41) is 11.9. The number of likely N-dealkylation sites (tertiary alicyclic amines) is 1. The third kappa shape index (κ3) is 4.07. The van der Waals surface area contributed by atoms with Crippen LogP contribution in [0.15, 0.2) is 0 Å². The van der Waals surface area contributed by atoms with Crippen LogP contribution in [0.4, 0.5) is 0 Å². The van der Waals surface area contributed by atoms with Crippen LogP contribution in [0.3, 0.4) is 0 Å². The largest absolute Gasteiger partial charge is 0.396 e. The molecule has 0 aliphatic carbocycles. The molecule has 78 valence electrons. The minimum Gasteiger partial charge on any atom is -0.396 e. The van der Waals surface area contributed by atoms with E-state index >= 15 is 0 Å². The fourth-order valence-electron chi connectivity index (χ4n) is 1.90. The number of hydrogen-bond donors (Lipinski definition) is 2. The fraction of sp³-hybridized carbons (Fsp3) is 1.00. The fourth-order valence-corrected chi connectivity index (χ4v) is 1.90. The summed E-state index contributed by atoms with van der Waals surface area (Å²) < 4.78 is 0. The Morgan fingerprint density at radius 3 is 2.85 bits per heavy atom. The zero-order valence-corrected chi connectivity index (χ0v) is 8.63. The number of aliphatic hydroxyl groups is 1. The second-order valence-electron chi connectivity index (χ2n) is 3.86. The van der Waals surface area contributed by atoms with Gasteiger partial charge in [-0.3, -0.25) is 0 Å². The lowest BCUT2D eigenvalue weighted by molar-refractivity contribution is 0.272. The predicted octanol–water partition coefficient (Wildman–Crippen LogP) is 0.443. The third-order valence-corrected chi connectivity index (χ3v) is 2.81. The molecule has 13 heavy (non-hydrogen) atoms. The molecule has 0 amide bonds. The van der Waals surface area contributed by atoms with Gasteiger partial charge in [-0.25, -0.2) is 0 Å². The van der Waals surface area contributed by atoms with Gasteiger partial charge < -0.3 is 15.3 Å². The average molecular weight is 186 g/mol. The van der Waals surface area contributed by atoms with Crippen molar-refractivity contribution in [2.24, 2.45) is 0 Å². The van der Waals surface area contributed by atoms with Crippen LogP contribution in [-0.4, -0.2) is 49.3 Å². The van der Waals surface area contributed by atoms with Gasteiger partial charge in [0, 0.05) is 19.2 Å². The molecule has 0 radical (unpaired) electrons. The standard InChI is InChI=1S/C10H22N2O/c1-11-10-5-7-12(9-10)6-3-2-4-8-13/h10-11,13H,2-9H2,1H3. The lowest BCUT2D eigenvalue weighted by atomic mass is 10.2. The van der Waals surface area contributed by atoms with Crippen molar-refractivity contribution in [3.63, 3.8) is 0 Å². The lowest BCUT2D eigenvalue weighted by Crippen LogP contribution is -2.30. The van der Waals surface area contributed by atoms with E-state index in [4.69, 9.17) is 5.11 Å². The molecule has 0 spiro atoms. The van der Waals surface area contributed by atoms with E-state index in [0.717, 1.165) is 12.8 Å². The van der Waals surface area contributed by atoms with Crippen LogP contribution in [0.2, 0.25) is 0 Å². The summed E-state index contributed by atoms with van der Waals surface area (Å²) in [6.45, 7) is 4.00. The number of hydrogen-bond acceptors (Lipinski definition) is 3. The number of likely N-dealkylation sites (N-methyl/N-ethyl adjacent to an activating group) is 1. The van der Waals surface area contributed by atoms with E-state index in [2.05, 4.69) is 10.2 Å². The number of nitrogens with one attached hydrogen (secondary N) is 1. The average Bonchev–Trinajstić information content (AvgIpc) is 2.60. The van der Waals surface area contributed by atoms with Gasteiger partial charge in [0.25, 0.3) is 0 Å². The predicted molar refractivity (Wildman–Crippen MR) is 54.8 cm³/mol. The SMILES string of the molecule is CNC1CCN(CCCCCO)C1. The van der Waals surface area contributed by atoms with Crippen LogP contribution in [0, 0.1) is 0 Å². The Hall–Kier alpha value is -0.120. The molecule has 1 fully saturated rings. The van der Waals surface area contributed by atoms with E-state index in [1.807, 2.05) is 7.05 Å². The first-order valence-electron chi connectivity index (χ1n) is 5.37. The van der Waals surface area contributed by atoms with Crippen molar-refractivity contribution in [3.8, 4) is 0 Å².